The Labute approximate surface area is 163 Å². The number of halogens is 1. The largest absolute Gasteiger partial charge is 0.340 e. The van der Waals surface area contributed by atoms with Gasteiger partial charge in [-0.2, -0.15) is 0 Å². The van der Waals surface area contributed by atoms with Crippen LogP contribution >= 0.6 is 0 Å². The summed E-state index contributed by atoms with van der Waals surface area (Å²) in [6.45, 7) is 7.70. The lowest BCUT2D eigenvalue weighted by Gasteiger charge is -2.19. The summed E-state index contributed by atoms with van der Waals surface area (Å²) in [5.74, 6) is -2.54. The van der Waals surface area contributed by atoms with E-state index in [4.69, 9.17) is 0 Å². The van der Waals surface area contributed by atoms with E-state index in [0.717, 1.165) is 11.6 Å². The molecule has 1 unspecified atom stereocenters. The fourth-order valence-electron chi connectivity index (χ4n) is 2.41. The van der Waals surface area contributed by atoms with Crippen LogP contribution in [0.2, 0.25) is 0 Å². The van der Waals surface area contributed by atoms with Crippen molar-refractivity contribution >= 4 is 17.7 Å². The number of amides is 3. The first kappa shape index (κ1) is 21.1. The monoisotopic (exact) mass is 385 g/mol. The van der Waals surface area contributed by atoms with Gasteiger partial charge in [-0.1, -0.05) is 45.0 Å². The van der Waals surface area contributed by atoms with Crippen molar-refractivity contribution in [1.82, 2.24) is 16.2 Å². The zero-order valence-corrected chi connectivity index (χ0v) is 16.3. The van der Waals surface area contributed by atoms with Crippen LogP contribution in [0.25, 0.3) is 0 Å². The van der Waals surface area contributed by atoms with Crippen molar-refractivity contribution in [2.45, 2.75) is 39.2 Å². The normalized spacial score (nSPS) is 12.0. The van der Waals surface area contributed by atoms with Crippen LogP contribution < -0.4 is 16.2 Å². The van der Waals surface area contributed by atoms with Gasteiger partial charge in [-0.05, 0) is 42.2 Å². The van der Waals surface area contributed by atoms with Crippen molar-refractivity contribution in [1.29, 1.82) is 0 Å². The topological polar surface area (TPSA) is 87.3 Å². The maximum Gasteiger partial charge on any atom is 0.272 e. The number of nitrogens with one attached hydrogen (secondary N) is 3. The smallest absolute Gasteiger partial charge is 0.272 e. The molecule has 0 saturated heterocycles. The molecule has 0 saturated carbocycles. The number of rotatable bonds is 4. The van der Waals surface area contributed by atoms with Gasteiger partial charge in [0, 0.05) is 5.56 Å². The molecule has 0 spiro atoms. The number of hydrogen-bond acceptors (Lipinski definition) is 3. The molecule has 2 rings (SSSR count). The van der Waals surface area contributed by atoms with Crippen molar-refractivity contribution in [3.8, 4) is 0 Å². The van der Waals surface area contributed by atoms with E-state index in [1.165, 1.54) is 25.1 Å². The molecule has 0 aliphatic rings. The van der Waals surface area contributed by atoms with Gasteiger partial charge in [-0.3, -0.25) is 25.2 Å². The Morgan fingerprint density at radius 2 is 1.50 bits per heavy atom. The average molecular weight is 385 g/mol. The number of hydrogen-bond donors (Lipinski definition) is 3. The summed E-state index contributed by atoms with van der Waals surface area (Å²) in [6.07, 6.45) is 0. The molecule has 3 N–H and O–H groups in total. The minimum atomic E-state index is -0.907. The van der Waals surface area contributed by atoms with Crippen molar-refractivity contribution in [3.05, 3.63) is 71.0 Å². The molecular weight excluding hydrogens is 361 g/mol. The summed E-state index contributed by atoms with van der Waals surface area (Å²) in [6, 6.07) is 11.6. The average Bonchev–Trinajstić information content (AvgIpc) is 2.65. The number of carbonyl (C=O) groups is 3. The second-order valence-electron chi connectivity index (χ2n) is 7.45. The van der Waals surface area contributed by atoms with E-state index in [1.54, 1.807) is 12.1 Å². The van der Waals surface area contributed by atoms with Crippen molar-refractivity contribution in [2.75, 3.05) is 0 Å². The standard InChI is InChI=1S/C21H24FN3O3/c1-13(18(26)24-25-20(28)16-7-5-6-8-17(16)22)23-19(27)14-9-11-15(12-10-14)21(2,3)4/h5-13H,1-4H3,(H,23,27)(H,24,26)(H,25,28). The highest BCUT2D eigenvalue weighted by atomic mass is 19.1. The van der Waals surface area contributed by atoms with Crippen LogP contribution in [0.5, 0.6) is 0 Å². The Kier molecular flexibility index (Phi) is 6.51. The highest BCUT2D eigenvalue weighted by Gasteiger charge is 2.19. The summed E-state index contributed by atoms with van der Waals surface area (Å²) in [5.41, 5.74) is 5.58. The molecule has 0 aromatic heterocycles. The van der Waals surface area contributed by atoms with E-state index < -0.39 is 29.6 Å². The third kappa shape index (κ3) is 5.39. The van der Waals surface area contributed by atoms with E-state index in [9.17, 15) is 18.8 Å². The molecule has 6 nitrogen and oxygen atoms in total. The maximum atomic E-state index is 13.6. The van der Waals surface area contributed by atoms with Gasteiger partial charge in [0.1, 0.15) is 11.9 Å². The summed E-state index contributed by atoms with van der Waals surface area (Å²) in [5, 5.41) is 2.55. The first-order valence-corrected chi connectivity index (χ1v) is 8.85. The van der Waals surface area contributed by atoms with E-state index in [1.807, 2.05) is 12.1 Å². The first-order valence-electron chi connectivity index (χ1n) is 8.85. The summed E-state index contributed by atoms with van der Waals surface area (Å²) in [7, 11) is 0. The zero-order chi connectivity index (χ0) is 20.9. The molecule has 1 atom stereocenters. The highest BCUT2D eigenvalue weighted by molar-refractivity contribution is 5.99. The summed E-state index contributed by atoms with van der Waals surface area (Å²) < 4.78 is 13.6. The summed E-state index contributed by atoms with van der Waals surface area (Å²) in [4.78, 5) is 36.3. The van der Waals surface area contributed by atoms with Crippen LogP contribution in [-0.2, 0) is 10.2 Å². The molecule has 148 valence electrons. The van der Waals surface area contributed by atoms with E-state index in [-0.39, 0.29) is 11.0 Å². The molecule has 0 heterocycles. The number of hydrazine groups is 1. The fraction of sp³-hybridized carbons (Fsp3) is 0.286. The molecule has 0 fully saturated rings. The molecular formula is C21H24FN3O3. The molecule has 2 aromatic carbocycles. The molecule has 3 amide bonds. The molecule has 28 heavy (non-hydrogen) atoms. The second kappa shape index (κ2) is 8.65. The lowest BCUT2D eigenvalue weighted by atomic mass is 9.86. The SMILES string of the molecule is CC(NC(=O)c1ccc(C(C)(C)C)cc1)C(=O)NNC(=O)c1ccccc1F. The predicted molar refractivity (Wildman–Crippen MR) is 104 cm³/mol. The highest BCUT2D eigenvalue weighted by Crippen LogP contribution is 2.22. The van der Waals surface area contributed by atoms with Crippen LogP contribution in [0, 0.1) is 5.82 Å². The lowest BCUT2D eigenvalue weighted by molar-refractivity contribution is -0.123. The van der Waals surface area contributed by atoms with E-state index in [0.29, 0.717) is 5.56 Å². The van der Waals surface area contributed by atoms with E-state index in [2.05, 4.69) is 36.9 Å². The van der Waals surface area contributed by atoms with E-state index >= 15 is 0 Å². The van der Waals surface area contributed by atoms with Crippen molar-refractivity contribution in [3.63, 3.8) is 0 Å². The van der Waals surface area contributed by atoms with Gasteiger partial charge in [0.05, 0.1) is 5.56 Å². The molecule has 0 aliphatic carbocycles. The van der Waals surface area contributed by atoms with Gasteiger partial charge < -0.3 is 5.32 Å². The molecule has 0 bridgehead atoms. The van der Waals surface area contributed by atoms with Gasteiger partial charge in [-0.15, -0.1) is 0 Å². The van der Waals surface area contributed by atoms with Crippen molar-refractivity contribution < 1.29 is 18.8 Å². The fourth-order valence-corrected chi connectivity index (χ4v) is 2.41. The van der Waals surface area contributed by atoms with Crippen LogP contribution in [0.15, 0.2) is 48.5 Å². The second-order valence-corrected chi connectivity index (χ2v) is 7.45. The quantitative estimate of drug-likeness (QED) is 0.707. The Balaban J connectivity index is 1.90. The molecule has 7 heteroatoms. The molecule has 0 radical (unpaired) electrons. The third-order valence-electron chi connectivity index (χ3n) is 4.17. The van der Waals surface area contributed by atoms with Crippen LogP contribution in [0.4, 0.5) is 4.39 Å². The zero-order valence-electron chi connectivity index (χ0n) is 16.3. The minimum Gasteiger partial charge on any atom is -0.340 e. The van der Waals surface area contributed by atoms with Crippen molar-refractivity contribution in [2.24, 2.45) is 0 Å². The molecule has 2 aromatic rings. The van der Waals surface area contributed by atoms with Gasteiger partial charge in [-0.25, -0.2) is 4.39 Å². The predicted octanol–water partition coefficient (Wildman–Crippen LogP) is 2.70. The lowest BCUT2D eigenvalue weighted by Crippen LogP contribution is -2.51. The number of carbonyl (C=O) groups excluding carboxylic acids is 3. The van der Waals surface area contributed by atoms with Gasteiger partial charge in [0.25, 0.3) is 17.7 Å². The molecule has 0 aliphatic heterocycles. The Morgan fingerprint density at radius 1 is 0.893 bits per heavy atom. The first-order chi connectivity index (χ1) is 13.1. The summed E-state index contributed by atoms with van der Waals surface area (Å²) >= 11 is 0. The van der Waals surface area contributed by atoms with Crippen LogP contribution in [-0.4, -0.2) is 23.8 Å². The number of benzene rings is 2. The maximum absolute atomic E-state index is 13.6. The van der Waals surface area contributed by atoms with Gasteiger partial charge in [0.15, 0.2) is 0 Å². The Bertz CT molecular complexity index is 873. The van der Waals surface area contributed by atoms with Gasteiger partial charge >= 0.3 is 0 Å². The Morgan fingerprint density at radius 3 is 2.07 bits per heavy atom. The third-order valence-corrected chi connectivity index (χ3v) is 4.17. The minimum absolute atomic E-state index is 0.0291. The van der Waals surface area contributed by atoms with Gasteiger partial charge in [0.2, 0.25) is 0 Å². The van der Waals surface area contributed by atoms with Crippen LogP contribution in [0.3, 0.4) is 0 Å². The van der Waals surface area contributed by atoms with Crippen LogP contribution in [0.1, 0.15) is 54.0 Å². The Hall–Kier alpha value is -3.22.